The van der Waals surface area contributed by atoms with E-state index in [4.69, 9.17) is 4.42 Å². The quantitative estimate of drug-likeness (QED) is 0.870. The molecule has 0 aliphatic rings. The molecule has 20 heavy (non-hydrogen) atoms. The highest BCUT2D eigenvalue weighted by Gasteiger charge is 2.16. The lowest BCUT2D eigenvalue weighted by Crippen LogP contribution is -2.30. The number of furan rings is 1. The van der Waals surface area contributed by atoms with E-state index in [1.54, 1.807) is 6.26 Å². The fraction of sp³-hybridized carbons (Fsp3) is 0.375. The van der Waals surface area contributed by atoms with Gasteiger partial charge in [0.2, 0.25) is 0 Å². The van der Waals surface area contributed by atoms with E-state index in [9.17, 15) is 0 Å². The summed E-state index contributed by atoms with van der Waals surface area (Å²) in [5.74, 6) is 0.995. The molecule has 1 unspecified atom stereocenters. The zero-order valence-corrected chi connectivity index (χ0v) is 13.8. The van der Waals surface area contributed by atoms with Crippen LogP contribution in [0.3, 0.4) is 0 Å². The second-order valence-corrected chi connectivity index (χ2v) is 6.06. The number of hydrogen-bond donors (Lipinski definition) is 1. The van der Waals surface area contributed by atoms with Crippen LogP contribution >= 0.6 is 15.9 Å². The van der Waals surface area contributed by atoms with Gasteiger partial charge in [-0.05, 0) is 50.3 Å². The Morgan fingerprint density at radius 3 is 2.70 bits per heavy atom. The fourth-order valence-corrected chi connectivity index (χ4v) is 2.44. The Bertz CT molecular complexity index is 537. The van der Waals surface area contributed by atoms with Crippen molar-refractivity contribution in [3.8, 4) is 0 Å². The maximum atomic E-state index is 5.51. The van der Waals surface area contributed by atoms with Crippen molar-refractivity contribution in [2.45, 2.75) is 19.5 Å². The summed E-state index contributed by atoms with van der Waals surface area (Å²) >= 11 is 3.53. The van der Waals surface area contributed by atoms with Crippen LogP contribution in [0.15, 0.2) is 45.5 Å². The van der Waals surface area contributed by atoms with Gasteiger partial charge in [0.25, 0.3) is 0 Å². The molecule has 1 atom stereocenters. The molecular formula is C16H21BrN2O. The van der Waals surface area contributed by atoms with E-state index in [2.05, 4.69) is 65.4 Å². The molecule has 1 N–H and O–H groups in total. The Hall–Kier alpha value is -1.10. The molecule has 2 rings (SSSR count). The maximum Gasteiger partial charge on any atom is 0.122 e. The highest BCUT2D eigenvalue weighted by Crippen LogP contribution is 2.19. The molecule has 0 aliphatic heterocycles. The fourth-order valence-electron chi connectivity index (χ4n) is 2.19. The summed E-state index contributed by atoms with van der Waals surface area (Å²) in [4.78, 5) is 2.17. The van der Waals surface area contributed by atoms with Gasteiger partial charge in [-0.2, -0.15) is 0 Å². The van der Waals surface area contributed by atoms with Crippen LogP contribution < -0.4 is 5.32 Å². The Morgan fingerprint density at radius 1 is 1.30 bits per heavy atom. The first-order chi connectivity index (χ1) is 9.58. The standard InChI is InChI=1S/C16H21BrN2O/c1-12-9-13(6-7-14(12)17)10-18-11-15(19(2)3)16-5-4-8-20-16/h4-9,15,18H,10-11H2,1-3H3. The molecule has 0 saturated carbocycles. The molecule has 0 bridgehead atoms. The first-order valence-corrected chi connectivity index (χ1v) is 7.53. The Morgan fingerprint density at radius 2 is 2.10 bits per heavy atom. The second-order valence-electron chi connectivity index (χ2n) is 5.21. The third-order valence-corrected chi connectivity index (χ3v) is 4.27. The van der Waals surface area contributed by atoms with Gasteiger partial charge in [-0.3, -0.25) is 4.90 Å². The zero-order chi connectivity index (χ0) is 14.5. The summed E-state index contributed by atoms with van der Waals surface area (Å²) in [5.41, 5.74) is 2.56. The monoisotopic (exact) mass is 336 g/mol. The maximum absolute atomic E-state index is 5.51. The molecule has 0 spiro atoms. The minimum Gasteiger partial charge on any atom is -0.468 e. The molecule has 2 aromatic rings. The minimum absolute atomic E-state index is 0.251. The average Bonchev–Trinajstić information content (AvgIpc) is 2.92. The molecule has 1 aromatic carbocycles. The summed E-state index contributed by atoms with van der Waals surface area (Å²) in [6.45, 7) is 3.83. The third kappa shape index (κ3) is 3.95. The van der Waals surface area contributed by atoms with E-state index < -0.39 is 0 Å². The zero-order valence-electron chi connectivity index (χ0n) is 12.2. The summed E-state index contributed by atoms with van der Waals surface area (Å²) in [7, 11) is 4.14. The third-order valence-electron chi connectivity index (χ3n) is 3.38. The van der Waals surface area contributed by atoms with Crippen LogP contribution in [0.4, 0.5) is 0 Å². The highest BCUT2D eigenvalue weighted by molar-refractivity contribution is 9.10. The van der Waals surface area contributed by atoms with Crippen molar-refractivity contribution >= 4 is 15.9 Å². The minimum atomic E-state index is 0.251. The molecule has 0 aliphatic carbocycles. The van der Waals surface area contributed by atoms with Gasteiger partial charge in [-0.25, -0.2) is 0 Å². The van der Waals surface area contributed by atoms with Gasteiger partial charge in [0.05, 0.1) is 12.3 Å². The van der Waals surface area contributed by atoms with Gasteiger partial charge in [0.15, 0.2) is 0 Å². The van der Waals surface area contributed by atoms with E-state index in [-0.39, 0.29) is 6.04 Å². The van der Waals surface area contributed by atoms with Gasteiger partial charge in [-0.15, -0.1) is 0 Å². The smallest absolute Gasteiger partial charge is 0.122 e. The SMILES string of the molecule is Cc1cc(CNCC(c2ccco2)N(C)C)ccc1Br. The van der Waals surface area contributed by atoms with Crippen molar-refractivity contribution < 1.29 is 4.42 Å². The van der Waals surface area contributed by atoms with E-state index in [1.165, 1.54) is 11.1 Å². The van der Waals surface area contributed by atoms with Crippen molar-refractivity contribution in [3.63, 3.8) is 0 Å². The van der Waals surface area contributed by atoms with Crippen molar-refractivity contribution in [3.05, 3.63) is 58.0 Å². The van der Waals surface area contributed by atoms with Gasteiger partial charge < -0.3 is 9.73 Å². The van der Waals surface area contributed by atoms with Crippen LogP contribution in [0.25, 0.3) is 0 Å². The van der Waals surface area contributed by atoms with E-state index in [0.717, 1.165) is 23.3 Å². The van der Waals surface area contributed by atoms with Crippen molar-refractivity contribution in [1.82, 2.24) is 10.2 Å². The van der Waals surface area contributed by atoms with E-state index >= 15 is 0 Å². The number of aryl methyl sites for hydroxylation is 1. The van der Waals surface area contributed by atoms with Crippen LogP contribution in [0.2, 0.25) is 0 Å². The molecule has 108 valence electrons. The van der Waals surface area contributed by atoms with Crippen LogP contribution in [0.5, 0.6) is 0 Å². The van der Waals surface area contributed by atoms with Crippen molar-refractivity contribution in [1.29, 1.82) is 0 Å². The predicted molar refractivity (Wildman–Crippen MR) is 85.7 cm³/mol. The number of benzene rings is 1. The Labute approximate surface area is 129 Å². The number of nitrogens with zero attached hydrogens (tertiary/aromatic N) is 1. The predicted octanol–water partition coefficient (Wildman–Crippen LogP) is 3.74. The highest BCUT2D eigenvalue weighted by atomic mass is 79.9. The van der Waals surface area contributed by atoms with Crippen LogP contribution in [0, 0.1) is 6.92 Å². The van der Waals surface area contributed by atoms with Crippen LogP contribution in [0.1, 0.15) is 22.9 Å². The van der Waals surface area contributed by atoms with Gasteiger partial charge in [0.1, 0.15) is 5.76 Å². The molecule has 0 fully saturated rings. The topological polar surface area (TPSA) is 28.4 Å². The first-order valence-electron chi connectivity index (χ1n) is 6.73. The molecule has 0 amide bonds. The lowest BCUT2D eigenvalue weighted by molar-refractivity contribution is 0.250. The average molecular weight is 337 g/mol. The normalized spacial score (nSPS) is 12.8. The summed E-state index contributed by atoms with van der Waals surface area (Å²) < 4.78 is 6.66. The van der Waals surface area contributed by atoms with Crippen molar-refractivity contribution in [2.24, 2.45) is 0 Å². The molecular weight excluding hydrogens is 316 g/mol. The summed E-state index contributed by atoms with van der Waals surface area (Å²) in [6, 6.07) is 10.7. The first kappa shape index (κ1) is 15.3. The Kier molecular flexibility index (Phi) is 5.40. The number of halogens is 1. The lowest BCUT2D eigenvalue weighted by Gasteiger charge is -2.22. The molecule has 0 saturated heterocycles. The number of rotatable bonds is 6. The Balaban J connectivity index is 1.92. The van der Waals surface area contributed by atoms with Gasteiger partial charge in [-0.1, -0.05) is 28.1 Å². The second kappa shape index (κ2) is 7.07. The molecule has 3 nitrogen and oxygen atoms in total. The molecule has 4 heteroatoms. The molecule has 0 radical (unpaired) electrons. The van der Waals surface area contributed by atoms with Crippen molar-refractivity contribution in [2.75, 3.05) is 20.6 Å². The van der Waals surface area contributed by atoms with E-state index in [1.807, 2.05) is 12.1 Å². The summed E-state index contributed by atoms with van der Waals surface area (Å²) in [6.07, 6.45) is 1.73. The molecule has 1 heterocycles. The van der Waals surface area contributed by atoms with Gasteiger partial charge in [0, 0.05) is 17.6 Å². The van der Waals surface area contributed by atoms with E-state index in [0.29, 0.717) is 0 Å². The number of nitrogens with one attached hydrogen (secondary N) is 1. The molecule has 1 aromatic heterocycles. The largest absolute Gasteiger partial charge is 0.468 e. The van der Waals surface area contributed by atoms with Gasteiger partial charge >= 0.3 is 0 Å². The number of hydrogen-bond acceptors (Lipinski definition) is 3. The lowest BCUT2D eigenvalue weighted by atomic mass is 10.1. The van der Waals surface area contributed by atoms with Crippen LogP contribution in [-0.2, 0) is 6.54 Å². The number of likely N-dealkylation sites (N-methyl/N-ethyl adjacent to an activating group) is 1. The summed E-state index contributed by atoms with van der Waals surface area (Å²) in [5, 5.41) is 3.50. The van der Waals surface area contributed by atoms with Crippen LogP contribution in [-0.4, -0.2) is 25.5 Å².